The number of imidazole rings is 1. The Bertz CT molecular complexity index is 689. The number of hydrogen-bond donors (Lipinski definition) is 1. The van der Waals surface area contributed by atoms with Crippen LogP contribution in [0.15, 0.2) is 30.5 Å². The largest absolute Gasteiger partial charge is 0.481 e. The van der Waals surface area contributed by atoms with Crippen molar-refractivity contribution in [2.45, 2.75) is 13.0 Å². The zero-order chi connectivity index (χ0) is 16.2. The number of rotatable bonds is 4. The minimum absolute atomic E-state index is 0.0762. The van der Waals surface area contributed by atoms with Crippen molar-refractivity contribution in [3.63, 3.8) is 0 Å². The second kappa shape index (κ2) is 6.78. The molecule has 0 bridgehead atoms. The topological polar surface area (TPSA) is 67.5 Å². The lowest BCUT2D eigenvalue weighted by Crippen LogP contribution is -2.44. The molecule has 0 unspecified atom stereocenters. The van der Waals surface area contributed by atoms with Crippen molar-refractivity contribution in [3.8, 4) is 5.75 Å². The van der Waals surface area contributed by atoms with Gasteiger partial charge in [0.15, 0.2) is 18.2 Å². The number of halogens is 1. The lowest BCUT2D eigenvalue weighted by molar-refractivity contribution is -0.141. The molecule has 2 aromatic rings. The molecule has 0 aliphatic carbocycles. The average molecular weight is 319 g/mol. The number of morpholine rings is 1. The van der Waals surface area contributed by atoms with E-state index >= 15 is 0 Å². The zero-order valence-corrected chi connectivity index (χ0v) is 12.8. The molecular weight excluding hydrogens is 301 g/mol. The fourth-order valence-electron chi connectivity index (χ4n) is 2.43. The first-order chi connectivity index (χ1) is 11.1. The number of aryl methyl sites for hydroxylation is 1. The summed E-state index contributed by atoms with van der Waals surface area (Å²) in [6.07, 6.45) is 1.44. The van der Waals surface area contributed by atoms with E-state index in [9.17, 15) is 9.18 Å². The SMILES string of the molecule is Cc1cnc([C@@H]2CN(C(=O)COc3ccccc3F)CCO2)[nH]1. The molecule has 0 saturated carbocycles. The van der Waals surface area contributed by atoms with E-state index in [0.717, 1.165) is 5.69 Å². The molecule has 1 aromatic heterocycles. The van der Waals surface area contributed by atoms with Gasteiger partial charge in [-0.25, -0.2) is 9.37 Å². The lowest BCUT2D eigenvalue weighted by atomic mass is 10.2. The normalized spacial score (nSPS) is 18.0. The Hall–Kier alpha value is -2.41. The van der Waals surface area contributed by atoms with E-state index in [1.54, 1.807) is 23.2 Å². The third-order valence-corrected chi connectivity index (χ3v) is 3.63. The van der Waals surface area contributed by atoms with Gasteiger partial charge in [-0.3, -0.25) is 4.79 Å². The summed E-state index contributed by atoms with van der Waals surface area (Å²) in [5.41, 5.74) is 0.940. The molecule has 1 aliphatic heterocycles. The van der Waals surface area contributed by atoms with E-state index in [-0.39, 0.29) is 24.4 Å². The number of para-hydroxylation sites is 1. The average Bonchev–Trinajstić information content (AvgIpc) is 3.00. The number of nitrogens with zero attached hydrogens (tertiary/aromatic N) is 2. The van der Waals surface area contributed by atoms with Crippen LogP contribution in [0.1, 0.15) is 17.6 Å². The number of aromatic amines is 1. The number of aromatic nitrogens is 2. The van der Waals surface area contributed by atoms with Crippen molar-refractivity contribution in [2.75, 3.05) is 26.3 Å². The van der Waals surface area contributed by atoms with Crippen molar-refractivity contribution in [1.82, 2.24) is 14.9 Å². The van der Waals surface area contributed by atoms with E-state index < -0.39 is 5.82 Å². The smallest absolute Gasteiger partial charge is 0.260 e. The molecule has 1 aromatic carbocycles. The maximum Gasteiger partial charge on any atom is 0.260 e. The Kier molecular flexibility index (Phi) is 4.57. The van der Waals surface area contributed by atoms with Crippen molar-refractivity contribution >= 4 is 5.91 Å². The number of H-pyrrole nitrogens is 1. The van der Waals surface area contributed by atoms with E-state index in [2.05, 4.69) is 9.97 Å². The van der Waals surface area contributed by atoms with Crippen LogP contribution in [-0.2, 0) is 9.53 Å². The predicted molar refractivity (Wildman–Crippen MR) is 80.5 cm³/mol. The van der Waals surface area contributed by atoms with Crippen molar-refractivity contribution in [3.05, 3.63) is 47.8 Å². The molecule has 122 valence electrons. The molecule has 6 nitrogen and oxygen atoms in total. The van der Waals surface area contributed by atoms with Gasteiger partial charge in [0.2, 0.25) is 0 Å². The van der Waals surface area contributed by atoms with Crippen LogP contribution in [-0.4, -0.2) is 47.1 Å². The summed E-state index contributed by atoms with van der Waals surface area (Å²) >= 11 is 0. The Balaban J connectivity index is 1.58. The number of amides is 1. The van der Waals surface area contributed by atoms with Crippen LogP contribution < -0.4 is 4.74 Å². The summed E-state index contributed by atoms with van der Waals surface area (Å²) in [7, 11) is 0. The van der Waals surface area contributed by atoms with Gasteiger partial charge in [0.05, 0.1) is 13.2 Å². The van der Waals surface area contributed by atoms with E-state index in [4.69, 9.17) is 9.47 Å². The number of carbonyl (C=O) groups excluding carboxylic acids is 1. The van der Waals surface area contributed by atoms with Crippen LogP contribution in [0.2, 0.25) is 0 Å². The van der Waals surface area contributed by atoms with Gasteiger partial charge in [0.1, 0.15) is 11.9 Å². The summed E-state index contributed by atoms with van der Waals surface area (Å²) in [6.45, 7) is 3.01. The highest BCUT2D eigenvalue weighted by Crippen LogP contribution is 2.20. The molecule has 3 rings (SSSR count). The number of benzene rings is 1. The summed E-state index contributed by atoms with van der Waals surface area (Å²) in [6, 6.07) is 6.02. The van der Waals surface area contributed by atoms with Crippen molar-refractivity contribution < 1.29 is 18.7 Å². The summed E-state index contributed by atoms with van der Waals surface area (Å²) < 4.78 is 24.4. The molecule has 1 aliphatic rings. The Morgan fingerprint density at radius 2 is 2.35 bits per heavy atom. The van der Waals surface area contributed by atoms with Gasteiger partial charge in [-0.15, -0.1) is 0 Å². The summed E-state index contributed by atoms with van der Waals surface area (Å²) in [5.74, 6) is 0.0957. The van der Waals surface area contributed by atoms with Crippen molar-refractivity contribution in [2.24, 2.45) is 0 Å². The standard InChI is InChI=1S/C16H18FN3O3/c1-11-8-18-16(19-11)14-9-20(6-7-22-14)15(21)10-23-13-5-3-2-4-12(13)17/h2-5,8,14H,6-7,9-10H2,1H3,(H,18,19)/t14-/m0/s1. The minimum Gasteiger partial charge on any atom is -0.481 e. The van der Waals surface area contributed by atoms with Crippen LogP contribution in [0, 0.1) is 12.7 Å². The highest BCUT2D eigenvalue weighted by molar-refractivity contribution is 5.77. The monoisotopic (exact) mass is 319 g/mol. The molecule has 0 radical (unpaired) electrons. The number of hydrogen-bond acceptors (Lipinski definition) is 4. The van der Waals surface area contributed by atoms with Gasteiger partial charge in [-0.2, -0.15) is 0 Å². The molecule has 1 N–H and O–H groups in total. The van der Waals surface area contributed by atoms with Gasteiger partial charge >= 0.3 is 0 Å². The summed E-state index contributed by atoms with van der Waals surface area (Å²) in [4.78, 5) is 21.3. The molecule has 1 atom stereocenters. The van der Waals surface area contributed by atoms with Crippen LogP contribution in [0.3, 0.4) is 0 Å². The molecule has 1 fully saturated rings. The molecule has 0 spiro atoms. The molecular formula is C16H18FN3O3. The lowest BCUT2D eigenvalue weighted by Gasteiger charge is -2.32. The minimum atomic E-state index is -0.480. The number of ether oxygens (including phenoxy) is 2. The Morgan fingerprint density at radius 3 is 3.09 bits per heavy atom. The molecule has 1 saturated heterocycles. The van der Waals surface area contributed by atoms with Crippen LogP contribution in [0.25, 0.3) is 0 Å². The van der Waals surface area contributed by atoms with Gasteiger partial charge < -0.3 is 19.4 Å². The highest BCUT2D eigenvalue weighted by atomic mass is 19.1. The van der Waals surface area contributed by atoms with Gasteiger partial charge in [0, 0.05) is 18.4 Å². The van der Waals surface area contributed by atoms with Crippen LogP contribution in [0.4, 0.5) is 4.39 Å². The van der Waals surface area contributed by atoms with Gasteiger partial charge in [-0.05, 0) is 19.1 Å². The third kappa shape index (κ3) is 3.68. The van der Waals surface area contributed by atoms with Crippen LogP contribution >= 0.6 is 0 Å². The molecule has 2 heterocycles. The Morgan fingerprint density at radius 1 is 1.52 bits per heavy atom. The Labute approximate surface area is 133 Å². The predicted octanol–water partition coefficient (Wildman–Crippen LogP) is 1.84. The van der Waals surface area contributed by atoms with Gasteiger partial charge in [-0.1, -0.05) is 12.1 Å². The fraction of sp³-hybridized carbons (Fsp3) is 0.375. The molecule has 7 heteroatoms. The second-order valence-corrected chi connectivity index (χ2v) is 5.37. The van der Waals surface area contributed by atoms with Gasteiger partial charge in [0.25, 0.3) is 5.91 Å². The summed E-state index contributed by atoms with van der Waals surface area (Å²) in [5, 5.41) is 0. The number of nitrogens with one attached hydrogen (secondary N) is 1. The maximum absolute atomic E-state index is 13.5. The fourth-order valence-corrected chi connectivity index (χ4v) is 2.43. The quantitative estimate of drug-likeness (QED) is 0.934. The van der Waals surface area contributed by atoms with Crippen LogP contribution in [0.5, 0.6) is 5.75 Å². The maximum atomic E-state index is 13.5. The number of carbonyl (C=O) groups is 1. The van der Waals surface area contributed by atoms with E-state index in [0.29, 0.717) is 25.5 Å². The third-order valence-electron chi connectivity index (χ3n) is 3.63. The van der Waals surface area contributed by atoms with E-state index in [1.807, 2.05) is 6.92 Å². The zero-order valence-electron chi connectivity index (χ0n) is 12.8. The first kappa shape index (κ1) is 15.5. The first-order valence-electron chi connectivity index (χ1n) is 7.41. The molecule has 23 heavy (non-hydrogen) atoms. The van der Waals surface area contributed by atoms with Crippen molar-refractivity contribution in [1.29, 1.82) is 0 Å². The molecule has 1 amide bonds. The first-order valence-corrected chi connectivity index (χ1v) is 7.41. The highest BCUT2D eigenvalue weighted by Gasteiger charge is 2.27. The van der Waals surface area contributed by atoms with E-state index in [1.165, 1.54) is 12.1 Å². The second-order valence-electron chi connectivity index (χ2n) is 5.37.